The van der Waals surface area contributed by atoms with Gasteiger partial charge in [0.1, 0.15) is 0 Å². The summed E-state index contributed by atoms with van der Waals surface area (Å²) in [4.78, 5) is 0. The summed E-state index contributed by atoms with van der Waals surface area (Å²) in [5.41, 5.74) is 3.66. The van der Waals surface area contributed by atoms with Crippen molar-refractivity contribution in [1.29, 1.82) is 5.26 Å². The van der Waals surface area contributed by atoms with Gasteiger partial charge in [-0.3, -0.25) is 0 Å². The first-order valence-electron chi connectivity index (χ1n) is 3.55. The smallest absolute Gasteiger partial charge is 0.194 e. The first-order valence-corrected chi connectivity index (χ1v) is 3.93. The Morgan fingerprint density at radius 3 is 3.00 bits per heavy atom. The molecule has 0 aliphatic rings. The van der Waals surface area contributed by atoms with Crippen LogP contribution in [0.5, 0.6) is 0 Å². The minimum absolute atomic E-state index is 0.594. The first-order chi connectivity index (χ1) is 6.24. The van der Waals surface area contributed by atoms with Gasteiger partial charge in [-0.05, 0) is 24.6 Å². The van der Waals surface area contributed by atoms with Crippen molar-refractivity contribution in [2.45, 2.75) is 6.92 Å². The van der Waals surface area contributed by atoms with Crippen LogP contribution in [0.3, 0.4) is 0 Å². The van der Waals surface area contributed by atoms with Crippen LogP contribution in [0.2, 0.25) is 5.02 Å². The average molecular weight is 195 g/mol. The third-order valence-electron chi connectivity index (χ3n) is 1.43. The fourth-order valence-electron chi connectivity index (χ4n) is 0.792. The fraction of sp³-hybridized carbons (Fsp3) is 0.125. The molecule has 13 heavy (non-hydrogen) atoms. The summed E-state index contributed by atoms with van der Waals surface area (Å²) in [5.74, 6) is 0. The molecule has 0 saturated heterocycles. The topological polar surface area (TPSA) is 60.5 Å². The molecule has 0 atom stereocenters. The number of benzene rings is 1. The molecule has 1 rings (SSSR count). The second-order valence-corrected chi connectivity index (χ2v) is 2.79. The predicted molar refractivity (Wildman–Crippen MR) is 49.5 cm³/mol. The molecular formula is C8H7ClN4. The quantitative estimate of drug-likeness (QED) is 0.341. The van der Waals surface area contributed by atoms with Crippen LogP contribution in [-0.4, -0.2) is 0 Å². The van der Waals surface area contributed by atoms with Crippen LogP contribution in [0.1, 0.15) is 5.56 Å². The normalized spacial score (nSPS) is 9.92. The van der Waals surface area contributed by atoms with Crippen LogP contribution in [0.4, 0.5) is 5.69 Å². The lowest BCUT2D eigenvalue weighted by atomic mass is 10.2. The number of aryl methyl sites for hydroxylation is 1. The van der Waals surface area contributed by atoms with Crippen LogP contribution in [0.15, 0.2) is 28.5 Å². The highest BCUT2D eigenvalue weighted by molar-refractivity contribution is 6.30. The maximum atomic E-state index is 8.13. The second kappa shape index (κ2) is 4.43. The highest BCUT2D eigenvalue weighted by Gasteiger charge is 1.96. The van der Waals surface area contributed by atoms with E-state index in [9.17, 15) is 0 Å². The van der Waals surface area contributed by atoms with Gasteiger partial charge >= 0.3 is 0 Å². The molecule has 0 radical (unpaired) electrons. The van der Waals surface area contributed by atoms with E-state index < -0.39 is 0 Å². The van der Waals surface area contributed by atoms with Gasteiger partial charge in [0.05, 0.1) is 5.69 Å². The molecule has 0 unspecified atom stereocenters. The molecule has 5 heteroatoms. The van der Waals surface area contributed by atoms with Crippen molar-refractivity contribution < 1.29 is 0 Å². The average Bonchev–Trinajstić information content (AvgIpc) is 2.11. The molecule has 1 aromatic rings. The zero-order valence-corrected chi connectivity index (χ0v) is 7.71. The van der Waals surface area contributed by atoms with E-state index in [-0.39, 0.29) is 0 Å². The van der Waals surface area contributed by atoms with E-state index in [1.54, 1.807) is 18.3 Å². The Kier molecular flexibility index (Phi) is 3.23. The van der Waals surface area contributed by atoms with Gasteiger partial charge in [0, 0.05) is 5.02 Å². The van der Waals surface area contributed by atoms with Gasteiger partial charge in [-0.25, -0.2) is 0 Å². The van der Waals surface area contributed by atoms with Crippen molar-refractivity contribution in [1.82, 2.24) is 5.43 Å². The van der Waals surface area contributed by atoms with Gasteiger partial charge in [-0.15, -0.1) is 5.11 Å². The predicted octanol–water partition coefficient (Wildman–Crippen LogP) is 2.72. The van der Waals surface area contributed by atoms with Crippen LogP contribution >= 0.6 is 11.6 Å². The molecule has 1 N–H and O–H groups in total. The lowest BCUT2D eigenvalue weighted by Crippen LogP contribution is -1.89. The van der Waals surface area contributed by atoms with Crippen molar-refractivity contribution in [3.8, 4) is 6.19 Å². The van der Waals surface area contributed by atoms with Gasteiger partial charge in [-0.1, -0.05) is 22.9 Å². The van der Waals surface area contributed by atoms with Crippen LogP contribution in [-0.2, 0) is 0 Å². The molecule has 0 amide bonds. The summed E-state index contributed by atoms with van der Waals surface area (Å²) in [6.07, 6.45) is 1.63. The third kappa shape index (κ3) is 2.73. The van der Waals surface area contributed by atoms with Crippen LogP contribution < -0.4 is 5.43 Å². The highest BCUT2D eigenvalue weighted by atomic mass is 35.5. The van der Waals surface area contributed by atoms with Crippen LogP contribution in [0.25, 0.3) is 0 Å². The molecule has 1 aromatic carbocycles. The number of hydrogen-bond acceptors (Lipinski definition) is 3. The van der Waals surface area contributed by atoms with Crippen LogP contribution in [0, 0.1) is 18.4 Å². The largest absolute Gasteiger partial charge is 0.200 e. The van der Waals surface area contributed by atoms with Gasteiger partial charge in [0.15, 0.2) is 6.19 Å². The minimum atomic E-state index is 0.594. The van der Waals surface area contributed by atoms with E-state index in [0.29, 0.717) is 10.7 Å². The van der Waals surface area contributed by atoms with E-state index in [4.69, 9.17) is 16.9 Å². The van der Waals surface area contributed by atoms with Gasteiger partial charge in [0.2, 0.25) is 0 Å². The van der Waals surface area contributed by atoms with E-state index in [2.05, 4.69) is 15.8 Å². The Bertz CT molecular complexity index is 367. The SMILES string of the molecule is Cc1ccc(Cl)cc1N=NNC#N. The Labute approximate surface area is 80.8 Å². The Hall–Kier alpha value is -1.60. The highest BCUT2D eigenvalue weighted by Crippen LogP contribution is 2.22. The molecule has 0 fully saturated rings. The van der Waals surface area contributed by atoms with E-state index in [1.165, 1.54) is 0 Å². The Morgan fingerprint density at radius 2 is 2.31 bits per heavy atom. The van der Waals surface area contributed by atoms with Crippen molar-refractivity contribution in [2.24, 2.45) is 10.3 Å². The maximum Gasteiger partial charge on any atom is 0.200 e. The first kappa shape index (κ1) is 9.49. The van der Waals surface area contributed by atoms with E-state index in [0.717, 1.165) is 5.56 Å². The van der Waals surface area contributed by atoms with Crippen molar-refractivity contribution in [2.75, 3.05) is 0 Å². The molecule has 66 valence electrons. The monoisotopic (exact) mass is 194 g/mol. The summed E-state index contributed by atoms with van der Waals surface area (Å²) in [6, 6.07) is 5.29. The maximum absolute atomic E-state index is 8.13. The van der Waals surface area contributed by atoms with E-state index >= 15 is 0 Å². The molecule has 0 aromatic heterocycles. The number of nitrogens with zero attached hydrogens (tertiary/aromatic N) is 3. The summed E-state index contributed by atoms with van der Waals surface area (Å²) < 4.78 is 0. The van der Waals surface area contributed by atoms with Gasteiger partial charge in [0.25, 0.3) is 0 Å². The fourth-order valence-corrected chi connectivity index (χ4v) is 0.958. The third-order valence-corrected chi connectivity index (χ3v) is 1.66. The second-order valence-electron chi connectivity index (χ2n) is 2.35. The number of rotatable bonds is 2. The summed E-state index contributed by atoms with van der Waals surface area (Å²) >= 11 is 5.74. The summed E-state index contributed by atoms with van der Waals surface area (Å²) in [6.45, 7) is 1.89. The molecule has 0 aliphatic heterocycles. The van der Waals surface area contributed by atoms with Gasteiger partial charge in [-0.2, -0.15) is 10.7 Å². The summed E-state index contributed by atoms with van der Waals surface area (Å²) in [7, 11) is 0. The van der Waals surface area contributed by atoms with Crippen molar-refractivity contribution >= 4 is 17.3 Å². The zero-order valence-electron chi connectivity index (χ0n) is 6.95. The number of hydrogen-bond donors (Lipinski definition) is 1. The molecule has 4 nitrogen and oxygen atoms in total. The Balaban J connectivity index is 2.88. The molecule has 0 heterocycles. The van der Waals surface area contributed by atoms with E-state index in [1.807, 2.05) is 13.0 Å². The standard InChI is InChI=1S/C8H7ClN4/c1-6-2-3-7(9)4-8(6)12-13-11-5-10/h2-4H,1H3,(H,11,12). The van der Waals surface area contributed by atoms with Gasteiger partial charge < -0.3 is 0 Å². The molecule has 0 saturated carbocycles. The van der Waals surface area contributed by atoms with Crippen molar-refractivity contribution in [3.63, 3.8) is 0 Å². The zero-order chi connectivity index (χ0) is 9.68. The summed E-state index contributed by atoms with van der Waals surface area (Å²) in [5, 5.41) is 15.9. The molecular weight excluding hydrogens is 188 g/mol. The molecule has 0 bridgehead atoms. The molecule has 0 aliphatic carbocycles. The lowest BCUT2D eigenvalue weighted by Gasteiger charge is -1.97. The Morgan fingerprint density at radius 1 is 1.54 bits per heavy atom. The minimum Gasteiger partial charge on any atom is -0.194 e. The number of halogens is 1. The van der Waals surface area contributed by atoms with Crippen molar-refractivity contribution in [3.05, 3.63) is 28.8 Å². The number of nitriles is 1. The number of nitrogens with one attached hydrogen (secondary N) is 1. The molecule has 0 spiro atoms. The lowest BCUT2D eigenvalue weighted by molar-refractivity contribution is 0.885.